The van der Waals surface area contributed by atoms with E-state index in [-0.39, 0.29) is 6.61 Å². The Morgan fingerprint density at radius 2 is 1.74 bits per heavy atom. The molecule has 2 aromatic carbocycles. The monoisotopic (exact) mass is 393 g/mol. The first-order chi connectivity index (χ1) is 12.9. The summed E-state index contributed by atoms with van der Waals surface area (Å²) in [5.41, 5.74) is 1.34. The molecule has 0 fully saturated rings. The van der Waals surface area contributed by atoms with Gasteiger partial charge < -0.3 is 24.0 Å². The Morgan fingerprint density at radius 1 is 1.07 bits per heavy atom. The zero-order chi connectivity index (χ0) is 20.0. The second-order valence-electron chi connectivity index (χ2n) is 6.32. The number of benzene rings is 2. The number of hydrogen-bond acceptors (Lipinski definition) is 6. The number of aliphatic hydroxyl groups excluding tert-OH is 1. The molecule has 27 heavy (non-hydrogen) atoms. The summed E-state index contributed by atoms with van der Waals surface area (Å²) < 4.78 is 30.2. The smallest absolute Gasteiger partial charge is 0.264 e. The van der Waals surface area contributed by atoms with Gasteiger partial charge in [0.1, 0.15) is 11.5 Å². The maximum Gasteiger partial charge on any atom is 0.264 e. The predicted molar refractivity (Wildman–Crippen MR) is 109 cm³/mol. The standard InChI is InChI=1S/C20H28NO5P/c1-6-13-26-27(23,17-10-7-15(8-11-17)21(2)3)20(22)18-14-16(24-4)9-12-19(18)25-5/h7-12,14,20,22H,6,13H2,1-5H3/t20-,27-/m1/s1. The van der Waals surface area contributed by atoms with Crippen LogP contribution in [-0.4, -0.2) is 40.0 Å². The number of aliphatic hydroxyl groups is 1. The molecule has 2 rings (SSSR count). The first-order valence-corrected chi connectivity index (χ1v) is 10.5. The lowest BCUT2D eigenvalue weighted by atomic mass is 10.2. The zero-order valence-electron chi connectivity index (χ0n) is 16.5. The predicted octanol–water partition coefficient (Wildman–Crippen LogP) is 3.79. The Morgan fingerprint density at radius 3 is 2.26 bits per heavy atom. The van der Waals surface area contributed by atoms with Crippen molar-refractivity contribution in [1.29, 1.82) is 0 Å². The van der Waals surface area contributed by atoms with Crippen LogP contribution in [0.15, 0.2) is 42.5 Å². The van der Waals surface area contributed by atoms with Gasteiger partial charge in [0.15, 0.2) is 5.85 Å². The van der Waals surface area contributed by atoms with Crippen LogP contribution in [0.25, 0.3) is 0 Å². The fourth-order valence-electron chi connectivity index (χ4n) is 2.70. The molecule has 0 saturated carbocycles. The van der Waals surface area contributed by atoms with E-state index in [0.29, 0.717) is 28.8 Å². The highest BCUT2D eigenvalue weighted by atomic mass is 31.2. The highest BCUT2D eigenvalue weighted by Crippen LogP contribution is 2.59. The average Bonchev–Trinajstić information content (AvgIpc) is 2.70. The molecule has 0 unspecified atom stereocenters. The van der Waals surface area contributed by atoms with Crippen LogP contribution in [0, 0.1) is 0 Å². The van der Waals surface area contributed by atoms with Crippen LogP contribution in [-0.2, 0) is 9.09 Å². The molecule has 0 aliphatic heterocycles. The molecule has 6 nitrogen and oxygen atoms in total. The quantitative estimate of drug-likeness (QED) is 0.654. The van der Waals surface area contributed by atoms with Crippen LogP contribution < -0.4 is 19.7 Å². The van der Waals surface area contributed by atoms with Crippen LogP contribution >= 0.6 is 7.37 Å². The summed E-state index contributed by atoms with van der Waals surface area (Å²) in [6.07, 6.45) is 0.682. The maximum atomic E-state index is 13.8. The fourth-order valence-corrected chi connectivity index (χ4v) is 4.86. The van der Waals surface area contributed by atoms with Gasteiger partial charge in [-0.15, -0.1) is 0 Å². The Balaban J connectivity index is 2.53. The Labute approximate surface area is 161 Å². The van der Waals surface area contributed by atoms with E-state index in [4.69, 9.17) is 14.0 Å². The van der Waals surface area contributed by atoms with Crippen molar-refractivity contribution in [3.8, 4) is 11.5 Å². The molecule has 0 aliphatic carbocycles. The lowest BCUT2D eigenvalue weighted by molar-refractivity contribution is 0.210. The summed E-state index contributed by atoms with van der Waals surface area (Å²) >= 11 is 0. The number of hydrogen-bond donors (Lipinski definition) is 1. The zero-order valence-corrected chi connectivity index (χ0v) is 17.4. The molecule has 0 saturated heterocycles. The number of methoxy groups -OCH3 is 2. The van der Waals surface area contributed by atoms with Crippen LogP contribution in [0.2, 0.25) is 0 Å². The van der Waals surface area contributed by atoms with Gasteiger partial charge in [-0.2, -0.15) is 0 Å². The molecule has 1 N–H and O–H groups in total. The minimum atomic E-state index is -3.62. The summed E-state index contributed by atoms with van der Waals surface area (Å²) in [6, 6.07) is 12.2. The summed E-state index contributed by atoms with van der Waals surface area (Å²) in [4.78, 5) is 1.95. The van der Waals surface area contributed by atoms with E-state index in [1.54, 1.807) is 30.3 Å². The van der Waals surface area contributed by atoms with Crippen molar-refractivity contribution in [2.24, 2.45) is 0 Å². The largest absolute Gasteiger partial charge is 0.497 e. The number of nitrogens with zero attached hydrogens (tertiary/aromatic N) is 1. The molecule has 0 spiro atoms. The van der Waals surface area contributed by atoms with Crippen molar-refractivity contribution in [2.75, 3.05) is 39.8 Å². The Hall–Kier alpha value is -2.01. The van der Waals surface area contributed by atoms with Gasteiger partial charge in [-0.05, 0) is 48.9 Å². The highest BCUT2D eigenvalue weighted by molar-refractivity contribution is 7.67. The lowest BCUT2D eigenvalue weighted by Gasteiger charge is -2.26. The lowest BCUT2D eigenvalue weighted by Crippen LogP contribution is -2.17. The van der Waals surface area contributed by atoms with Crippen molar-refractivity contribution >= 4 is 18.4 Å². The summed E-state index contributed by atoms with van der Waals surface area (Å²) in [5, 5.41) is 11.6. The van der Waals surface area contributed by atoms with Gasteiger partial charge >= 0.3 is 0 Å². The molecule has 0 radical (unpaired) electrons. The van der Waals surface area contributed by atoms with E-state index < -0.39 is 13.2 Å². The Bertz CT molecular complexity index is 791. The van der Waals surface area contributed by atoms with Gasteiger partial charge in [0, 0.05) is 30.7 Å². The summed E-state index contributed by atoms with van der Waals surface area (Å²) in [7, 11) is 3.27. The molecule has 0 bridgehead atoms. The third kappa shape index (κ3) is 4.64. The number of rotatable bonds is 9. The molecule has 2 atom stereocenters. The second kappa shape index (κ2) is 9.27. The molecular formula is C20H28NO5P. The van der Waals surface area contributed by atoms with E-state index >= 15 is 0 Å². The first-order valence-electron chi connectivity index (χ1n) is 8.79. The van der Waals surface area contributed by atoms with E-state index in [2.05, 4.69) is 0 Å². The summed E-state index contributed by atoms with van der Waals surface area (Å²) in [5.74, 6) is -0.414. The third-order valence-corrected chi connectivity index (χ3v) is 6.76. The minimum absolute atomic E-state index is 0.274. The Kier molecular flexibility index (Phi) is 7.31. The van der Waals surface area contributed by atoms with Crippen molar-refractivity contribution in [1.82, 2.24) is 0 Å². The molecule has 0 aromatic heterocycles. The van der Waals surface area contributed by atoms with Crippen LogP contribution in [0.1, 0.15) is 24.8 Å². The average molecular weight is 393 g/mol. The second-order valence-corrected chi connectivity index (χ2v) is 8.78. The van der Waals surface area contributed by atoms with Crippen molar-refractivity contribution < 1.29 is 23.7 Å². The topological polar surface area (TPSA) is 68.2 Å². The van der Waals surface area contributed by atoms with Crippen molar-refractivity contribution in [3.63, 3.8) is 0 Å². The van der Waals surface area contributed by atoms with Gasteiger partial charge in [0.05, 0.1) is 20.8 Å². The molecule has 2 aromatic rings. The minimum Gasteiger partial charge on any atom is -0.497 e. The first kappa shape index (κ1) is 21.3. The number of ether oxygens (including phenoxy) is 2. The van der Waals surface area contributed by atoms with E-state index in [1.807, 2.05) is 38.1 Å². The number of anilines is 1. The highest BCUT2D eigenvalue weighted by Gasteiger charge is 2.38. The van der Waals surface area contributed by atoms with Crippen LogP contribution in [0.4, 0.5) is 5.69 Å². The van der Waals surface area contributed by atoms with Gasteiger partial charge in [-0.1, -0.05) is 6.92 Å². The van der Waals surface area contributed by atoms with Gasteiger partial charge in [0.2, 0.25) is 0 Å². The molecule has 0 aliphatic rings. The maximum absolute atomic E-state index is 13.8. The van der Waals surface area contributed by atoms with Gasteiger partial charge in [0.25, 0.3) is 7.37 Å². The molecule has 7 heteroatoms. The fraction of sp³-hybridized carbons (Fsp3) is 0.400. The summed E-state index contributed by atoms with van der Waals surface area (Å²) in [6.45, 7) is 2.20. The SMILES string of the molecule is CCCO[P@](=O)(c1ccc(N(C)C)cc1)[C@@H](O)c1cc(OC)ccc1OC. The molecular weight excluding hydrogens is 365 g/mol. The van der Waals surface area contributed by atoms with Crippen molar-refractivity contribution in [2.45, 2.75) is 19.2 Å². The molecule has 0 amide bonds. The van der Waals surface area contributed by atoms with Crippen LogP contribution in [0.5, 0.6) is 11.5 Å². The van der Waals surface area contributed by atoms with Crippen LogP contribution in [0.3, 0.4) is 0 Å². The van der Waals surface area contributed by atoms with Gasteiger partial charge in [-0.25, -0.2) is 0 Å². The third-order valence-electron chi connectivity index (χ3n) is 4.25. The van der Waals surface area contributed by atoms with E-state index in [0.717, 1.165) is 5.69 Å². The normalized spacial score (nSPS) is 14.3. The molecule has 0 heterocycles. The van der Waals surface area contributed by atoms with Crippen molar-refractivity contribution in [3.05, 3.63) is 48.0 Å². The van der Waals surface area contributed by atoms with Gasteiger partial charge in [-0.3, -0.25) is 4.57 Å². The van der Waals surface area contributed by atoms with E-state index in [9.17, 15) is 9.67 Å². The van der Waals surface area contributed by atoms with E-state index in [1.165, 1.54) is 14.2 Å². The molecule has 148 valence electrons.